The van der Waals surface area contributed by atoms with Gasteiger partial charge < -0.3 is 15.0 Å². The van der Waals surface area contributed by atoms with E-state index in [1.165, 1.54) is 17.3 Å². The summed E-state index contributed by atoms with van der Waals surface area (Å²) in [6.07, 6.45) is 4.45. The van der Waals surface area contributed by atoms with Crippen LogP contribution in [0.15, 0.2) is 47.4 Å². The maximum Gasteiger partial charge on any atom is 0.238 e. The molecule has 1 fully saturated rings. The molecular weight excluding hydrogens is 432 g/mol. The van der Waals surface area contributed by atoms with E-state index in [0.29, 0.717) is 10.9 Å². The van der Waals surface area contributed by atoms with Gasteiger partial charge in [0, 0.05) is 29.4 Å². The van der Waals surface area contributed by atoms with E-state index in [1.807, 2.05) is 23.1 Å². The number of likely N-dealkylation sites (tertiary alicyclic amines) is 1. The smallest absolute Gasteiger partial charge is 0.238 e. The highest BCUT2D eigenvalue weighted by atomic mass is 35.5. The van der Waals surface area contributed by atoms with Gasteiger partial charge in [0.2, 0.25) is 11.8 Å². The van der Waals surface area contributed by atoms with Crippen molar-refractivity contribution >= 4 is 40.9 Å². The second-order valence-electron chi connectivity index (χ2n) is 8.15. The molecule has 1 unspecified atom stereocenters. The normalized spacial score (nSPS) is 19.0. The molecule has 2 aromatic rings. The van der Waals surface area contributed by atoms with Gasteiger partial charge in [0.25, 0.3) is 0 Å². The van der Waals surface area contributed by atoms with Crippen LogP contribution in [0.3, 0.4) is 0 Å². The van der Waals surface area contributed by atoms with E-state index >= 15 is 0 Å². The van der Waals surface area contributed by atoms with Gasteiger partial charge in [0.15, 0.2) is 0 Å². The number of benzene rings is 2. The number of carbonyl (C=O) groups excluding carboxylic acids is 2. The van der Waals surface area contributed by atoms with Crippen LogP contribution < -0.4 is 10.1 Å². The van der Waals surface area contributed by atoms with Crippen LogP contribution in [0.2, 0.25) is 5.02 Å². The fourth-order valence-corrected chi connectivity index (χ4v) is 5.43. The summed E-state index contributed by atoms with van der Waals surface area (Å²) in [5.41, 5.74) is 2.05. The highest BCUT2D eigenvalue weighted by Gasteiger charge is 2.31. The van der Waals surface area contributed by atoms with Crippen molar-refractivity contribution in [1.82, 2.24) is 4.90 Å². The summed E-state index contributed by atoms with van der Waals surface area (Å²) in [7, 11) is 1.68. The minimum absolute atomic E-state index is 0.0682. The zero-order valence-corrected chi connectivity index (χ0v) is 19.2. The number of methoxy groups -OCH3 is 1. The van der Waals surface area contributed by atoms with E-state index in [0.717, 1.165) is 55.1 Å². The topological polar surface area (TPSA) is 58.6 Å². The van der Waals surface area contributed by atoms with E-state index < -0.39 is 5.25 Å². The van der Waals surface area contributed by atoms with Gasteiger partial charge in [0.1, 0.15) is 5.75 Å². The Kier molecular flexibility index (Phi) is 7.08. The highest BCUT2D eigenvalue weighted by Crippen LogP contribution is 2.38. The van der Waals surface area contributed by atoms with E-state index in [2.05, 4.69) is 17.4 Å². The van der Waals surface area contributed by atoms with Crippen LogP contribution in [0, 0.1) is 5.92 Å². The van der Waals surface area contributed by atoms with Crippen LogP contribution in [0.5, 0.6) is 5.75 Å². The van der Waals surface area contributed by atoms with Gasteiger partial charge >= 0.3 is 0 Å². The number of thioether (sulfide) groups is 1. The first-order valence-corrected chi connectivity index (χ1v) is 12.0. The van der Waals surface area contributed by atoms with Crippen molar-refractivity contribution in [2.24, 2.45) is 5.92 Å². The lowest BCUT2D eigenvalue weighted by molar-refractivity contribution is -0.133. The minimum atomic E-state index is -0.394. The first kappa shape index (κ1) is 22.0. The number of aryl methyl sites for hydroxylation is 1. The molecule has 2 amide bonds. The third kappa shape index (κ3) is 5.55. The average molecular weight is 459 g/mol. The Morgan fingerprint density at radius 3 is 2.65 bits per heavy atom. The molecule has 0 aliphatic carbocycles. The standard InChI is InChI=1S/C24H27ClN2O3S/c1-30-19-7-4-16(5-8-19)2-3-17-10-12-27(13-11-17)23(28)15-22-24(29)26-20-14-18(25)6-9-21(20)31-22/h4-9,14,17,22H,2-3,10-13,15H2,1H3,(H,26,29). The molecule has 2 aromatic carbocycles. The lowest BCUT2D eigenvalue weighted by atomic mass is 9.90. The van der Waals surface area contributed by atoms with Gasteiger partial charge in [-0.2, -0.15) is 0 Å². The Bertz CT molecular complexity index is 942. The summed E-state index contributed by atoms with van der Waals surface area (Å²) in [4.78, 5) is 28.2. The predicted molar refractivity (Wildman–Crippen MR) is 125 cm³/mol. The molecule has 164 valence electrons. The van der Waals surface area contributed by atoms with Crippen molar-refractivity contribution in [3.63, 3.8) is 0 Å². The number of nitrogens with one attached hydrogen (secondary N) is 1. The maximum absolute atomic E-state index is 12.8. The van der Waals surface area contributed by atoms with Crippen LogP contribution in [0.25, 0.3) is 0 Å². The van der Waals surface area contributed by atoms with Gasteiger partial charge in [-0.05, 0) is 67.5 Å². The number of hydrogen-bond donors (Lipinski definition) is 1. The lowest BCUT2D eigenvalue weighted by Gasteiger charge is -2.33. The molecule has 1 saturated heterocycles. The number of fused-ring (bicyclic) bond motifs is 1. The number of piperidine rings is 1. The SMILES string of the molecule is COc1ccc(CCC2CCN(C(=O)CC3Sc4ccc(Cl)cc4NC3=O)CC2)cc1. The maximum atomic E-state index is 12.8. The van der Waals surface area contributed by atoms with Crippen LogP contribution in [0.1, 0.15) is 31.2 Å². The number of amides is 2. The molecule has 0 spiro atoms. The van der Waals surface area contributed by atoms with Gasteiger partial charge in [-0.1, -0.05) is 23.7 Å². The van der Waals surface area contributed by atoms with Gasteiger partial charge in [-0.15, -0.1) is 11.8 Å². The van der Waals surface area contributed by atoms with E-state index in [-0.39, 0.29) is 18.2 Å². The van der Waals surface area contributed by atoms with Crippen molar-refractivity contribution in [2.75, 3.05) is 25.5 Å². The molecule has 2 aliphatic rings. The summed E-state index contributed by atoms with van der Waals surface area (Å²) in [5.74, 6) is 1.46. The quantitative estimate of drug-likeness (QED) is 0.660. The van der Waals surface area contributed by atoms with Crippen molar-refractivity contribution in [3.05, 3.63) is 53.1 Å². The van der Waals surface area contributed by atoms with Gasteiger partial charge in [0.05, 0.1) is 18.0 Å². The summed E-state index contributed by atoms with van der Waals surface area (Å²) in [6, 6.07) is 13.7. The van der Waals surface area contributed by atoms with E-state index in [1.54, 1.807) is 19.2 Å². The second kappa shape index (κ2) is 9.96. The van der Waals surface area contributed by atoms with Crippen molar-refractivity contribution in [2.45, 2.75) is 42.2 Å². The zero-order chi connectivity index (χ0) is 21.8. The van der Waals surface area contributed by atoms with Gasteiger partial charge in [-0.3, -0.25) is 9.59 Å². The molecule has 31 heavy (non-hydrogen) atoms. The average Bonchev–Trinajstić information content (AvgIpc) is 2.79. The monoisotopic (exact) mass is 458 g/mol. The molecule has 0 bridgehead atoms. The summed E-state index contributed by atoms with van der Waals surface area (Å²) in [6.45, 7) is 1.55. The number of hydrogen-bond acceptors (Lipinski definition) is 4. The first-order valence-electron chi connectivity index (χ1n) is 10.7. The third-order valence-electron chi connectivity index (χ3n) is 6.09. The molecule has 2 aliphatic heterocycles. The fourth-order valence-electron chi connectivity index (χ4n) is 4.18. The third-order valence-corrected chi connectivity index (χ3v) is 7.60. The summed E-state index contributed by atoms with van der Waals surface area (Å²) < 4.78 is 5.21. The minimum Gasteiger partial charge on any atom is -0.497 e. The molecule has 5 nitrogen and oxygen atoms in total. The Hall–Kier alpha value is -2.18. The number of rotatable bonds is 6. The molecule has 2 heterocycles. The Labute approximate surface area is 192 Å². The lowest BCUT2D eigenvalue weighted by Crippen LogP contribution is -2.41. The molecule has 7 heteroatoms. The molecular formula is C24H27ClN2O3S. The number of halogens is 1. The van der Waals surface area contributed by atoms with E-state index in [4.69, 9.17) is 16.3 Å². The van der Waals surface area contributed by atoms with Crippen molar-refractivity contribution in [1.29, 1.82) is 0 Å². The van der Waals surface area contributed by atoms with Crippen LogP contribution in [0.4, 0.5) is 5.69 Å². The molecule has 0 saturated carbocycles. The number of carbonyl (C=O) groups is 2. The largest absolute Gasteiger partial charge is 0.497 e. The molecule has 1 atom stereocenters. The second-order valence-corrected chi connectivity index (χ2v) is 9.83. The van der Waals surface area contributed by atoms with Crippen LogP contribution in [-0.4, -0.2) is 42.2 Å². The zero-order valence-electron chi connectivity index (χ0n) is 17.6. The number of ether oxygens (including phenoxy) is 1. The van der Waals surface area contributed by atoms with Crippen molar-refractivity contribution < 1.29 is 14.3 Å². The fraction of sp³-hybridized carbons (Fsp3) is 0.417. The molecule has 4 rings (SSSR count). The first-order chi connectivity index (χ1) is 15.0. The van der Waals surface area contributed by atoms with Crippen LogP contribution in [-0.2, 0) is 16.0 Å². The highest BCUT2D eigenvalue weighted by molar-refractivity contribution is 8.01. The summed E-state index contributed by atoms with van der Waals surface area (Å²) >= 11 is 7.45. The Morgan fingerprint density at radius 2 is 1.94 bits per heavy atom. The number of nitrogens with zero attached hydrogens (tertiary/aromatic N) is 1. The molecule has 1 N–H and O–H groups in total. The van der Waals surface area contributed by atoms with Gasteiger partial charge in [-0.25, -0.2) is 0 Å². The van der Waals surface area contributed by atoms with Crippen LogP contribution >= 0.6 is 23.4 Å². The number of anilines is 1. The Balaban J connectivity index is 1.23. The van der Waals surface area contributed by atoms with E-state index in [9.17, 15) is 9.59 Å². The Morgan fingerprint density at radius 1 is 1.19 bits per heavy atom. The molecule has 0 radical (unpaired) electrons. The molecule has 0 aromatic heterocycles. The summed E-state index contributed by atoms with van der Waals surface area (Å²) in [5, 5.41) is 3.08. The van der Waals surface area contributed by atoms with Crippen molar-refractivity contribution in [3.8, 4) is 5.75 Å². The predicted octanol–water partition coefficient (Wildman–Crippen LogP) is 5.02.